The van der Waals surface area contributed by atoms with Crippen molar-refractivity contribution in [2.45, 2.75) is 51.0 Å². The fourth-order valence-electron chi connectivity index (χ4n) is 4.56. The molecule has 2 aliphatic carbocycles. The van der Waals surface area contributed by atoms with Crippen molar-refractivity contribution in [1.29, 1.82) is 0 Å². The summed E-state index contributed by atoms with van der Waals surface area (Å²) in [4.78, 5) is 14.2. The first kappa shape index (κ1) is 18.0. The zero-order chi connectivity index (χ0) is 17.0. The Morgan fingerprint density at radius 1 is 1.04 bits per heavy atom. The number of fused-ring (bicyclic) bond motifs is 2. The van der Waals surface area contributed by atoms with E-state index >= 15 is 0 Å². The van der Waals surface area contributed by atoms with Gasteiger partial charge >= 0.3 is 6.03 Å². The summed E-state index contributed by atoms with van der Waals surface area (Å²) in [6, 6.07) is 0.308. The lowest BCUT2D eigenvalue weighted by atomic mass is 9.70. The normalized spacial score (nSPS) is 32.9. The topological polar surface area (TPSA) is 78.5 Å². The van der Waals surface area contributed by atoms with E-state index in [0.717, 1.165) is 37.6 Å². The van der Waals surface area contributed by atoms with Crippen LogP contribution >= 0.6 is 0 Å². The number of urea groups is 1. The third-order valence-corrected chi connectivity index (χ3v) is 7.45. The Labute approximate surface area is 145 Å². The zero-order valence-electron chi connectivity index (χ0n) is 14.5. The van der Waals surface area contributed by atoms with Gasteiger partial charge in [0.2, 0.25) is 0 Å². The van der Waals surface area contributed by atoms with Crippen LogP contribution in [0.15, 0.2) is 0 Å². The molecule has 3 rings (SSSR count). The number of carbonyl (C=O) groups is 1. The van der Waals surface area contributed by atoms with Gasteiger partial charge < -0.3 is 15.5 Å². The Bertz CT molecular complexity index is 511. The summed E-state index contributed by atoms with van der Waals surface area (Å²) < 4.78 is 22.8. The molecule has 0 spiro atoms. The first-order valence-electron chi connectivity index (χ1n) is 9.47. The number of rotatable bonds is 5. The van der Waals surface area contributed by atoms with Gasteiger partial charge in [0.25, 0.3) is 0 Å². The molecular weight excluding hydrogens is 326 g/mol. The van der Waals surface area contributed by atoms with Crippen LogP contribution in [0.3, 0.4) is 0 Å². The van der Waals surface area contributed by atoms with Crippen LogP contribution in [0.25, 0.3) is 0 Å². The summed E-state index contributed by atoms with van der Waals surface area (Å²) >= 11 is 0. The monoisotopic (exact) mass is 357 g/mol. The lowest BCUT2D eigenvalue weighted by Crippen LogP contribution is -2.47. The molecule has 2 saturated carbocycles. The second-order valence-corrected chi connectivity index (χ2v) is 10.1. The van der Waals surface area contributed by atoms with Crippen LogP contribution in [-0.2, 0) is 9.84 Å². The Kier molecular flexibility index (Phi) is 6.02. The van der Waals surface area contributed by atoms with Gasteiger partial charge in [0.05, 0.1) is 11.5 Å². The summed E-state index contributed by atoms with van der Waals surface area (Å²) in [6.07, 6.45) is 8.56. The van der Waals surface area contributed by atoms with Gasteiger partial charge in [0.15, 0.2) is 9.84 Å². The van der Waals surface area contributed by atoms with Crippen molar-refractivity contribution < 1.29 is 13.2 Å². The van der Waals surface area contributed by atoms with Gasteiger partial charge in [-0.25, -0.2) is 13.2 Å². The van der Waals surface area contributed by atoms with Gasteiger partial charge in [-0.15, -0.1) is 0 Å². The highest BCUT2D eigenvalue weighted by Gasteiger charge is 2.32. The minimum Gasteiger partial charge on any atom is -0.338 e. The van der Waals surface area contributed by atoms with E-state index in [0.29, 0.717) is 25.7 Å². The van der Waals surface area contributed by atoms with Crippen molar-refractivity contribution in [2.75, 3.05) is 37.7 Å². The summed E-state index contributed by atoms with van der Waals surface area (Å²) in [5, 5.41) is 6.11. The molecule has 3 fully saturated rings. The number of sulfone groups is 1. The molecule has 0 aromatic carbocycles. The number of carbonyl (C=O) groups excluding carboxylic acids is 1. The molecule has 3 aliphatic rings. The van der Waals surface area contributed by atoms with Gasteiger partial charge in [-0.2, -0.15) is 0 Å². The predicted molar refractivity (Wildman–Crippen MR) is 94.7 cm³/mol. The Morgan fingerprint density at radius 3 is 2.38 bits per heavy atom. The van der Waals surface area contributed by atoms with E-state index in [-0.39, 0.29) is 17.5 Å². The number of hydrogen-bond donors (Lipinski definition) is 2. The minimum atomic E-state index is -2.80. The Morgan fingerprint density at radius 2 is 1.71 bits per heavy atom. The fraction of sp³-hybridized carbons (Fsp3) is 0.941. The van der Waals surface area contributed by atoms with Gasteiger partial charge in [0, 0.05) is 25.7 Å². The molecule has 1 aliphatic heterocycles. The SMILES string of the molecule is O=C(NCCCN1CCS(=O)(=O)CC1)NC1CC2CCCC(C2)C1. The molecule has 0 aromatic rings. The standard InChI is InChI=1S/C17H31N3O3S/c21-17(19-16-12-14-3-1-4-15(11-14)13-16)18-5-2-6-20-7-9-24(22,23)10-8-20/h14-16H,1-13H2,(H2,18,19,21). The van der Waals surface area contributed by atoms with Crippen molar-refractivity contribution in [3.05, 3.63) is 0 Å². The lowest BCUT2D eigenvalue weighted by Gasteiger charge is -2.39. The highest BCUT2D eigenvalue weighted by Crippen LogP contribution is 2.39. The molecule has 138 valence electrons. The predicted octanol–water partition coefficient (Wildman–Crippen LogP) is 1.37. The molecule has 6 nitrogen and oxygen atoms in total. The number of nitrogens with zero attached hydrogens (tertiary/aromatic N) is 1. The van der Waals surface area contributed by atoms with E-state index < -0.39 is 9.84 Å². The van der Waals surface area contributed by atoms with Crippen LogP contribution in [0.5, 0.6) is 0 Å². The van der Waals surface area contributed by atoms with Crippen LogP contribution in [0.1, 0.15) is 44.9 Å². The van der Waals surface area contributed by atoms with Crippen molar-refractivity contribution in [3.63, 3.8) is 0 Å². The first-order valence-corrected chi connectivity index (χ1v) is 11.3. The molecule has 24 heavy (non-hydrogen) atoms. The summed E-state index contributed by atoms with van der Waals surface area (Å²) in [7, 11) is -2.80. The third kappa shape index (κ3) is 5.34. The maximum absolute atomic E-state index is 12.1. The van der Waals surface area contributed by atoms with Gasteiger partial charge in [-0.3, -0.25) is 0 Å². The van der Waals surface area contributed by atoms with Gasteiger partial charge in [-0.05, 0) is 44.1 Å². The summed E-state index contributed by atoms with van der Waals surface area (Å²) in [5.41, 5.74) is 0. The molecule has 0 aromatic heterocycles. The van der Waals surface area contributed by atoms with Gasteiger partial charge in [0.1, 0.15) is 0 Å². The second kappa shape index (κ2) is 8.04. The maximum Gasteiger partial charge on any atom is 0.315 e. The van der Waals surface area contributed by atoms with E-state index in [9.17, 15) is 13.2 Å². The molecule has 2 unspecified atom stereocenters. The molecule has 2 amide bonds. The molecule has 1 saturated heterocycles. The molecule has 0 radical (unpaired) electrons. The number of nitrogens with one attached hydrogen (secondary N) is 2. The average Bonchev–Trinajstić information content (AvgIpc) is 2.52. The molecule has 2 atom stereocenters. The number of amides is 2. The van der Waals surface area contributed by atoms with E-state index in [2.05, 4.69) is 15.5 Å². The molecule has 2 bridgehead atoms. The van der Waals surface area contributed by atoms with Crippen molar-refractivity contribution in [1.82, 2.24) is 15.5 Å². The molecular formula is C17H31N3O3S. The maximum atomic E-state index is 12.1. The summed E-state index contributed by atoms with van der Waals surface area (Å²) in [6.45, 7) is 2.75. The summed E-state index contributed by atoms with van der Waals surface area (Å²) in [5.74, 6) is 2.17. The molecule has 1 heterocycles. The smallest absolute Gasteiger partial charge is 0.315 e. The average molecular weight is 358 g/mol. The van der Waals surface area contributed by atoms with Crippen molar-refractivity contribution in [3.8, 4) is 0 Å². The van der Waals surface area contributed by atoms with E-state index in [1.165, 1.54) is 25.7 Å². The third-order valence-electron chi connectivity index (χ3n) is 5.84. The van der Waals surface area contributed by atoms with E-state index in [1.54, 1.807) is 0 Å². The quantitative estimate of drug-likeness (QED) is 0.729. The Hall–Kier alpha value is -0.820. The van der Waals surface area contributed by atoms with Crippen molar-refractivity contribution >= 4 is 15.9 Å². The Balaban J connectivity index is 1.28. The lowest BCUT2D eigenvalue weighted by molar-refractivity contribution is 0.154. The van der Waals surface area contributed by atoms with E-state index in [1.807, 2.05) is 0 Å². The minimum absolute atomic E-state index is 0.0406. The largest absolute Gasteiger partial charge is 0.338 e. The van der Waals surface area contributed by atoms with Crippen LogP contribution in [-0.4, -0.2) is 63.1 Å². The van der Waals surface area contributed by atoms with Crippen molar-refractivity contribution in [2.24, 2.45) is 11.8 Å². The highest BCUT2D eigenvalue weighted by atomic mass is 32.2. The number of hydrogen-bond acceptors (Lipinski definition) is 4. The molecule has 2 N–H and O–H groups in total. The first-order chi connectivity index (χ1) is 11.5. The molecule has 7 heteroatoms. The highest BCUT2D eigenvalue weighted by molar-refractivity contribution is 7.91. The van der Waals surface area contributed by atoms with Gasteiger partial charge in [-0.1, -0.05) is 19.3 Å². The second-order valence-electron chi connectivity index (χ2n) is 7.81. The van der Waals surface area contributed by atoms with Crippen LogP contribution < -0.4 is 10.6 Å². The van der Waals surface area contributed by atoms with Crippen LogP contribution in [0.4, 0.5) is 4.79 Å². The van der Waals surface area contributed by atoms with Crippen LogP contribution in [0.2, 0.25) is 0 Å². The van der Waals surface area contributed by atoms with Crippen LogP contribution in [0, 0.1) is 11.8 Å². The zero-order valence-corrected chi connectivity index (χ0v) is 15.3. The van der Waals surface area contributed by atoms with E-state index in [4.69, 9.17) is 0 Å². The fourth-order valence-corrected chi connectivity index (χ4v) is 5.84.